The molecule has 0 atom stereocenters. The van der Waals surface area contributed by atoms with Gasteiger partial charge in [-0.15, -0.1) is 0 Å². The number of nitrogens with one attached hydrogen (secondary N) is 1. The van der Waals surface area contributed by atoms with Crippen LogP contribution in [0, 0.1) is 0 Å². The first-order valence-corrected chi connectivity index (χ1v) is 6.92. The standard InChI is InChI=1S/C16H13NOS/c1-17-14(11-7-3-2-4-8-11)16-15(18)12-9-5-6-10-13(12)19-16/h2-10,17H,1H3. The van der Waals surface area contributed by atoms with Crippen molar-refractivity contribution >= 4 is 23.2 Å². The molecule has 1 aliphatic rings. The number of thioether (sulfide) groups is 1. The number of Topliss-reactive ketones (excluding diaryl/α,β-unsaturated/α-hetero) is 1. The van der Waals surface area contributed by atoms with Crippen molar-refractivity contribution in [1.82, 2.24) is 5.32 Å². The van der Waals surface area contributed by atoms with Gasteiger partial charge in [-0.05, 0) is 17.7 Å². The number of carbonyl (C=O) groups excluding carboxylic acids is 1. The van der Waals surface area contributed by atoms with Crippen LogP contribution in [0.3, 0.4) is 0 Å². The van der Waals surface area contributed by atoms with Crippen molar-refractivity contribution in [1.29, 1.82) is 0 Å². The van der Waals surface area contributed by atoms with Crippen LogP contribution >= 0.6 is 11.8 Å². The summed E-state index contributed by atoms with van der Waals surface area (Å²) < 4.78 is 0. The molecular weight excluding hydrogens is 254 g/mol. The summed E-state index contributed by atoms with van der Waals surface area (Å²) in [7, 11) is 1.85. The van der Waals surface area contributed by atoms with Crippen LogP contribution in [0.5, 0.6) is 0 Å². The summed E-state index contributed by atoms with van der Waals surface area (Å²) in [5.41, 5.74) is 2.73. The Morgan fingerprint density at radius 2 is 1.68 bits per heavy atom. The Hall–Kier alpha value is -2.00. The lowest BCUT2D eigenvalue weighted by atomic mass is 10.1. The average molecular weight is 267 g/mol. The van der Waals surface area contributed by atoms with Crippen molar-refractivity contribution in [3.63, 3.8) is 0 Å². The van der Waals surface area contributed by atoms with E-state index in [1.807, 2.05) is 61.6 Å². The SMILES string of the molecule is CNC(=C1Sc2ccccc2C1=O)c1ccccc1. The number of allylic oxidation sites excluding steroid dienone is 1. The normalized spacial score (nSPS) is 16.2. The minimum absolute atomic E-state index is 0.105. The zero-order valence-corrected chi connectivity index (χ0v) is 11.3. The molecule has 0 spiro atoms. The maximum Gasteiger partial charge on any atom is 0.202 e. The summed E-state index contributed by atoms with van der Waals surface area (Å²) >= 11 is 1.54. The van der Waals surface area contributed by atoms with E-state index in [0.29, 0.717) is 0 Å². The number of benzene rings is 2. The molecule has 0 fully saturated rings. The van der Waals surface area contributed by atoms with Crippen molar-refractivity contribution in [3.05, 3.63) is 70.6 Å². The molecule has 1 heterocycles. The van der Waals surface area contributed by atoms with E-state index in [9.17, 15) is 4.79 Å². The van der Waals surface area contributed by atoms with E-state index >= 15 is 0 Å². The number of fused-ring (bicyclic) bond motifs is 1. The second-order valence-corrected chi connectivity index (χ2v) is 5.30. The number of rotatable bonds is 2. The number of ketones is 1. The Labute approximate surface area is 116 Å². The molecule has 0 radical (unpaired) electrons. The van der Waals surface area contributed by atoms with Crippen LogP contribution in [0.1, 0.15) is 15.9 Å². The second kappa shape index (κ2) is 4.94. The van der Waals surface area contributed by atoms with Gasteiger partial charge in [-0.2, -0.15) is 0 Å². The number of carbonyl (C=O) groups is 1. The van der Waals surface area contributed by atoms with Crippen LogP contribution in [0.15, 0.2) is 64.4 Å². The zero-order valence-electron chi connectivity index (χ0n) is 10.5. The molecule has 0 aromatic heterocycles. The first kappa shape index (κ1) is 12.1. The first-order chi connectivity index (χ1) is 9.31. The highest BCUT2D eigenvalue weighted by atomic mass is 32.2. The lowest BCUT2D eigenvalue weighted by Gasteiger charge is -2.09. The molecule has 0 bridgehead atoms. The molecule has 2 nitrogen and oxygen atoms in total. The number of hydrogen-bond donors (Lipinski definition) is 1. The molecule has 2 aromatic carbocycles. The maximum absolute atomic E-state index is 12.5. The smallest absolute Gasteiger partial charge is 0.202 e. The molecule has 0 saturated carbocycles. The van der Waals surface area contributed by atoms with Crippen molar-refractivity contribution < 1.29 is 4.79 Å². The van der Waals surface area contributed by atoms with Crippen molar-refractivity contribution in [2.45, 2.75) is 4.90 Å². The van der Waals surface area contributed by atoms with Crippen LogP contribution in [0.2, 0.25) is 0 Å². The third kappa shape index (κ3) is 2.06. The third-order valence-corrected chi connectivity index (χ3v) is 4.26. The summed E-state index contributed by atoms with van der Waals surface area (Å²) in [5, 5.41) is 3.16. The molecule has 1 N–H and O–H groups in total. The van der Waals surface area contributed by atoms with Gasteiger partial charge in [0, 0.05) is 17.5 Å². The fourth-order valence-electron chi connectivity index (χ4n) is 2.18. The molecule has 2 aromatic rings. The van der Waals surface area contributed by atoms with E-state index in [1.54, 1.807) is 0 Å². The Morgan fingerprint density at radius 3 is 2.37 bits per heavy atom. The Balaban J connectivity index is 2.12. The van der Waals surface area contributed by atoms with E-state index in [0.717, 1.165) is 26.6 Å². The van der Waals surface area contributed by atoms with Crippen LogP contribution in [-0.2, 0) is 0 Å². The minimum atomic E-state index is 0.105. The average Bonchev–Trinajstić information content (AvgIpc) is 2.79. The fraction of sp³-hybridized carbons (Fsp3) is 0.0625. The molecule has 19 heavy (non-hydrogen) atoms. The highest BCUT2D eigenvalue weighted by molar-refractivity contribution is 8.05. The zero-order chi connectivity index (χ0) is 13.2. The monoisotopic (exact) mass is 267 g/mol. The van der Waals surface area contributed by atoms with Crippen molar-refractivity contribution in [3.8, 4) is 0 Å². The quantitative estimate of drug-likeness (QED) is 0.843. The predicted molar refractivity (Wildman–Crippen MR) is 79.1 cm³/mol. The topological polar surface area (TPSA) is 29.1 Å². The summed E-state index contributed by atoms with van der Waals surface area (Å²) in [6.07, 6.45) is 0. The van der Waals surface area contributed by atoms with E-state index < -0.39 is 0 Å². The van der Waals surface area contributed by atoms with Crippen LogP contribution in [-0.4, -0.2) is 12.8 Å². The largest absolute Gasteiger partial charge is 0.387 e. The highest BCUT2D eigenvalue weighted by Gasteiger charge is 2.28. The maximum atomic E-state index is 12.5. The van der Waals surface area contributed by atoms with Gasteiger partial charge in [0.2, 0.25) is 5.78 Å². The summed E-state index contributed by atoms with van der Waals surface area (Å²) in [5.74, 6) is 0.105. The number of hydrogen-bond acceptors (Lipinski definition) is 3. The molecule has 0 saturated heterocycles. The van der Waals surface area contributed by atoms with E-state index in [4.69, 9.17) is 0 Å². The highest BCUT2D eigenvalue weighted by Crippen LogP contribution is 2.42. The predicted octanol–water partition coefficient (Wildman–Crippen LogP) is 3.56. The van der Waals surface area contributed by atoms with Crippen LogP contribution in [0.4, 0.5) is 0 Å². The van der Waals surface area contributed by atoms with Crippen molar-refractivity contribution in [2.24, 2.45) is 0 Å². The first-order valence-electron chi connectivity index (χ1n) is 6.10. The fourth-order valence-corrected chi connectivity index (χ4v) is 3.34. The summed E-state index contributed by atoms with van der Waals surface area (Å²) in [6, 6.07) is 17.7. The van der Waals surface area contributed by atoms with Gasteiger partial charge in [-0.25, -0.2) is 0 Å². The Kier molecular flexibility index (Phi) is 3.13. The summed E-state index contributed by atoms with van der Waals surface area (Å²) in [4.78, 5) is 14.3. The molecule has 0 unspecified atom stereocenters. The van der Waals surface area contributed by atoms with Crippen LogP contribution in [0.25, 0.3) is 5.70 Å². The molecule has 0 aliphatic carbocycles. The lowest BCUT2D eigenvalue weighted by Crippen LogP contribution is -2.09. The Bertz CT molecular complexity index is 661. The third-order valence-electron chi connectivity index (χ3n) is 3.09. The van der Waals surface area contributed by atoms with Crippen LogP contribution < -0.4 is 5.32 Å². The van der Waals surface area contributed by atoms with E-state index in [2.05, 4.69) is 5.32 Å². The van der Waals surface area contributed by atoms with E-state index in [-0.39, 0.29) is 5.78 Å². The van der Waals surface area contributed by atoms with Gasteiger partial charge in [-0.3, -0.25) is 4.79 Å². The van der Waals surface area contributed by atoms with Gasteiger partial charge >= 0.3 is 0 Å². The van der Waals surface area contributed by atoms with Crippen molar-refractivity contribution in [2.75, 3.05) is 7.05 Å². The molecule has 3 heteroatoms. The van der Waals surface area contributed by atoms with Gasteiger partial charge in [0.05, 0.1) is 10.6 Å². The van der Waals surface area contributed by atoms with Gasteiger partial charge in [0.1, 0.15) is 0 Å². The van der Waals surface area contributed by atoms with Gasteiger partial charge in [0.15, 0.2) is 0 Å². The molecule has 3 rings (SSSR count). The molecular formula is C16H13NOS. The second-order valence-electron chi connectivity index (χ2n) is 4.25. The molecule has 0 amide bonds. The van der Waals surface area contributed by atoms with E-state index in [1.165, 1.54) is 11.8 Å². The Morgan fingerprint density at radius 1 is 1.00 bits per heavy atom. The van der Waals surface area contributed by atoms with Gasteiger partial charge in [0.25, 0.3) is 0 Å². The lowest BCUT2D eigenvalue weighted by molar-refractivity contribution is 0.104. The van der Waals surface area contributed by atoms with Gasteiger partial charge < -0.3 is 5.32 Å². The molecule has 94 valence electrons. The van der Waals surface area contributed by atoms with Gasteiger partial charge in [-0.1, -0.05) is 54.2 Å². The minimum Gasteiger partial charge on any atom is -0.387 e. The molecule has 1 aliphatic heterocycles. The summed E-state index contributed by atoms with van der Waals surface area (Å²) in [6.45, 7) is 0.